The molecule has 2 amide bonds. The Balaban J connectivity index is 1.36. The van der Waals surface area contributed by atoms with Crippen LogP contribution in [0.15, 0.2) is 84.4 Å². The Kier molecular flexibility index (Phi) is 8.84. The van der Waals surface area contributed by atoms with Crippen molar-refractivity contribution in [3.05, 3.63) is 112 Å². The van der Waals surface area contributed by atoms with Gasteiger partial charge in [0.25, 0.3) is 11.8 Å². The first-order valence-electron chi connectivity index (χ1n) is 16.2. The number of nitrogens with one attached hydrogen (secondary N) is 3. The van der Waals surface area contributed by atoms with Crippen LogP contribution in [0, 0.1) is 5.92 Å². The van der Waals surface area contributed by atoms with Crippen LogP contribution in [0.5, 0.6) is 5.75 Å². The van der Waals surface area contributed by atoms with E-state index in [1.165, 1.54) is 23.5 Å². The number of pyridine rings is 1. The molecule has 1 aliphatic rings. The monoisotopic (exact) mass is 700 g/mol. The molecule has 3 aromatic carbocycles. The first kappa shape index (κ1) is 33.2. The third-order valence-corrected chi connectivity index (χ3v) is 9.57. The van der Waals surface area contributed by atoms with Gasteiger partial charge in [0.1, 0.15) is 18.1 Å². The number of carboxylic acid groups (broad SMARTS) is 2. The normalized spacial score (nSPS) is 11.8. The number of ether oxygens (including phenoxy) is 1. The predicted molar refractivity (Wildman–Crippen MR) is 194 cm³/mol. The van der Waals surface area contributed by atoms with E-state index in [9.17, 15) is 29.4 Å². The van der Waals surface area contributed by atoms with Crippen molar-refractivity contribution in [2.75, 3.05) is 11.9 Å². The van der Waals surface area contributed by atoms with Crippen molar-refractivity contribution in [2.45, 2.75) is 26.9 Å². The Bertz CT molecular complexity index is 2370. The molecule has 12 heteroatoms. The van der Waals surface area contributed by atoms with Crippen molar-refractivity contribution in [1.82, 2.24) is 15.3 Å². The van der Waals surface area contributed by atoms with Gasteiger partial charge in [-0.15, -0.1) is 11.3 Å². The van der Waals surface area contributed by atoms with Crippen LogP contribution in [-0.2, 0) is 17.8 Å². The van der Waals surface area contributed by atoms with E-state index >= 15 is 0 Å². The van der Waals surface area contributed by atoms with Crippen LogP contribution < -0.4 is 15.4 Å². The highest BCUT2D eigenvalue weighted by molar-refractivity contribution is 7.13. The molecule has 3 aromatic heterocycles. The third kappa shape index (κ3) is 6.56. The van der Waals surface area contributed by atoms with E-state index in [2.05, 4.69) is 20.6 Å². The Morgan fingerprint density at radius 1 is 0.941 bits per heavy atom. The molecule has 256 valence electrons. The van der Waals surface area contributed by atoms with E-state index in [1.807, 2.05) is 43.5 Å². The molecule has 0 saturated heterocycles. The largest absolute Gasteiger partial charge is 0.488 e. The van der Waals surface area contributed by atoms with Crippen molar-refractivity contribution in [3.8, 4) is 38.4 Å². The van der Waals surface area contributed by atoms with Gasteiger partial charge in [-0.1, -0.05) is 38.1 Å². The van der Waals surface area contributed by atoms with Crippen molar-refractivity contribution < 1.29 is 34.1 Å². The number of hydrogen-bond donors (Lipinski definition) is 5. The number of aromatic carboxylic acids is 1. The molecule has 11 nitrogen and oxygen atoms in total. The van der Waals surface area contributed by atoms with Crippen LogP contribution in [0.2, 0.25) is 0 Å². The molecule has 51 heavy (non-hydrogen) atoms. The van der Waals surface area contributed by atoms with E-state index in [4.69, 9.17) is 4.74 Å². The first-order valence-corrected chi connectivity index (χ1v) is 17.1. The lowest BCUT2D eigenvalue weighted by Gasteiger charge is -2.22. The van der Waals surface area contributed by atoms with Gasteiger partial charge < -0.3 is 30.6 Å². The quantitative estimate of drug-likeness (QED) is 0.0979. The van der Waals surface area contributed by atoms with Gasteiger partial charge in [-0.2, -0.15) is 0 Å². The minimum absolute atomic E-state index is 0.0604. The highest BCUT2D eigenvalue weighted by Crippen LogP contribution is 2.45. The van der Waals surface area contributed by atoms with Crippen LogP contribution in [-0.4, -0.2) is 50.5 Å². The minimum Gasteiger partial charge on any atom is -0.488 e. The fourth-order valence-electron chi connectivity index (χ4n) is 6.23. The average Bonchev–Trinajstić information content (AvgIpc) is 3.80. The summed E-state index contributed by atoms with van der Waals surface area (Å²) in [6.45, 7) is 4.59. The van der Waals surface area contributed by atoms with Crippen LogP contribution in [0.4, 0.5) is 5.69 Å². The number of H-pyrrole nitrogens is 1. The summed E-state index contributed by atoms with van der Waals surface area (Å²) in [6, 6.07) is 20.9. The number of thiophene rings is 1. The van der Waals surface area contributed by atoms with Crippen LogP contribution in [0.25, 0.3) is 43.6 Å². The van der Waals surface area contributed by atoms with E-state index in [-0.39, 0.29) is 34.7 Å². The number of fused-ring (bicyclic) bond motifs is 4. The van der Waals surface area contributed by atoms with E-state index in [0.717, 1.165) is 21.3 Å². The molecule has 4 heterocycles. The number of aliphatic carboxylic acids is 1. The topological polar surface area (TPSA) is 171 Å². The zero-order valence-corrected chi connectivity index (χ0v) is 28.4. The Hall–Kier alpha value is -6.27. The summed E-state index contributed by atoms with van der Waals surface area (Å²) in [6.07, 6.45) is 1.62. The van der Waals surface area contributed by atoms with Crippen molar-refractivity contribution in [1.29, 1.82) is 0 Å². The van der Waals surface area contributed by atoms with Crippen molar-refractivity contribution in [2.24, 2.45) is 5.92 Å². The fraction of sp³-hybridized carbons (Fsp3) is 0.154. The molecule has 0 atom stereocenters. The van der Waals surface area contributed by atoms with Crippen LogP contribution in [0.1, 0.15) is 56.3 Å². The number of amides is 2. The average molecular weight is 701 g/mol. The number of rotatable bonds is 10. The van der Waals surface area contributed by atoms with E-state index in [1.54, 1.807) is 42.6 Å². The van der Waals surface area contributed by atoms with Gasteiger partial charge in [0.2, 0.25) is 0 Å². The molecule has 0 bridgehead atoms. The summed E-state index contributed by atoms with van der Waals surface area (Å²) >= 11 is 1.51. The smallest absolute Gasteiger partial charge is 0.355 e. The molecular weight excluding hydrogens is 669 g/mol. The molecule has 0 unspecified atom stereocenters. The SMILES string of the molecule is CC(C)CNC(=O)c1ccc(-c2cc3c(cc2C(=O)Nc2ccc4[nH]ccc4c2-c2cccc(CC(=O)O)c2)-c2sccc2CO3)c(C(=O)O)n1. The highest BCUT2D eigenvalue weighted by atomic mass is 32.1. The molecule has 0 fully saturated rings. The number of benzene rings is 3. The lowest BCUT2D eigenvalue weighted by Crippen LogP contribution is -2.28. The van der Waals surface area contributed by atoms with Gasteiger partial charge in [0.05, 0.1) is 6.42 Å². The second kappa shape index (κ2) is 13.6. The third-order valence-electron chi connectivity index (χ3n) is 8.58. The molecule has 7 rings (SSSR count). The highest BCUT2D eigenvalue weighted by Gasteiger charge is 2.28. The molecule has 0 spiro atoms. The maximum Gasteiger partial charge on any atom is 0.355 e. The number of carbonyl (C=O) groups excluding carboxylic acids is 2. The lowest BCUT2D eigenvalue weighted by atomic mass is 9.92. The van der Waals surface area contributed by atoms with E-state index < -0.39 is 29.4 Å². The molecule has 1 aliphatic heterocycles. The maximum absolute atomic E-state index is 14.6. The Labute approximate surface area is 296 Å². The maximum atomic E-state index is 14.6. The van der Waals surface area contributed by atoms with Crippen LogP contribution in [0.3, 0.4) is 0 Å². The van der Waals surface area contributed by atoms with Gasteiger partial charge in [-0.3, -0.25) is 14.4 Å². The number of aromatic amines is 1. The second-order valence-electron chi connectivity index (χ2n) is 12.6. The number of carboxylic acids is 2. The summed E-state index contributed by atoms with van der Waals surface area (Å²) in [5.41, 5.74) is 5.05. The van der Waals surface area contributed by atoms with Gasteiger partial charge in [-0.05, 0) is 71.0 Å². The Morgan fingerprint density at radius 3 is 2.57 bits per heavy atom. The van der Waals surface area contributed by atoms with Crippen molar-refractivity contribution in [3.63, 3.8) is 0 Å². The minimum atomic E-state index is -1.37. The fourth-order valence-corrected chi connectivity index (χ4v) is 7.16. The molecular formula is C39H32N4O7S. The molecule has 6 aromatic rings. The summed E-state index contributed by atoms with van der Waals surface area (Å²) in [7, 11) is 0. The van der Waals surface area contributed by atoms with E-state index in [0.29, 0.717) is 46.8 Å². The summed E-state index contributed by atoms with van der Waals surface area (Å²) < 4.78 is 6.09. The number of hydrogen-bond acceptors (Lipinski definition) is 7. The lowest BCUT2D eigenvalue weighted by molar-refractivity contribution is -0.136. The molecule has 0 aliphatic carbocycles. The van der Waals surface area contributed by atoms with Crippen LogP contribution >= 0.6 is 11.3 Å². The number of carbonyl (C=O) groups is 4. The molecule has 0 radical (unpaired) electrons. The number of aromatic nitrogens is 2. The summed E-state index contributed by atoms with van der Waals surface area (Å²) in [5, 5.41) is 28.3. The number of nitrogens with zero attached hydrogens (tertiary/aromatic N) is 1. The van der Waals surface area contributed by atoms with Gasteiger partial charge >= 0.3 is 11.9 Å². The first-order chi connectivity index (χ1) is 24.6. The molecule has 5 N–H and O–H groups in total. The standard InChI is InChI=1S/C39H32N4O7S/c1-20(2)18-41-38(47)31-7-6-24(35(42-31)39(48)49)26-17-32-28(36-23(19-50-32)11-13-51-36)16-27(26)37(46)43-30-9-8-29-25(10-12-40-29)34(30)22-5-3-4-21(14-22)15-33(44)45/h3-14,16-17,20,40H,15,18-19H2,1-2H3,(H,41,47)(H,43,46)(H,44,45)(H,48,49). The summed E-state index contributed by atoms with van der Waals surface area (Å²) in [4.78, 5) is 59.9. The zero-order chi connectivity index (χ0) is 35.8. The summed E-state index contributed by atoms with van der Waals surface area (Å²) in [5.74, 6) is -2.69. The Morgan fingerprint density at radius 2 is 1.78 bits per heavy atom. The molecule has 0 saturated carbocycles. The zero-order valence-electron chi connectivity index (χ0n) is 27.6. The second-order valence-corrected chi connectivity index (χ2v) is 13.5. The van der Waals surface area contributed by atoms with Gasteiger partial charge in [0, 0.05) is 67.6 Å². The number of anilines is 1. The van der Waals surface area contributed by atoms with Crippen molar-refractivity contribution >= 4 is 51.7 Å². The van der Waals surface area contributed by atoms with Gasteiger partial charge in [0.15, 0.2) is 5.69 Å². The van der Waals surface area contributed by atoms with Gasteiger partial charge in [-0.25, -0.2) is 9.78 Å². The predicted octanol–water partition coefficient (Wildman–Crippen LogP) is 7.48.